The molecule has 0 heteroatoms. The summed E-state index contributed by atoms with van der Waals surface area (Å²) in [6.45, 7) is 0. The van der Waals surface area contributed by atoms with E-state index in [9.17, 15) is 0 Å². The van der Waals surface area contributed by atoms with E-state index >= 15 is 0 Å². The smallest absolute Gasteiger partial charge is 0.000696 e. The molecule has 0 unspecified atom stereocenters. The van der Waals surface area contributed by atoms with Crippen LogP contribution in [0.1, 0.15) is 0 Å². The zero-order chi connectivity index (χ0) is 20.6. The van der Waals surface area contributed by atoms with Gasteiger partial charge in [-0.3, -0.25) is 0 Å². The minimum atomic E-state index is 1.32. The van der Waals surface area contributed by atoms with Crippen molar-refractivity contribution >= 4 is 86.2 Å². The van der Waals surface area contributed by atoms with Crippen LogP contribution in [-0.2, 0) is 0 Å². The topological polar surface area (TPSA) is 0 Å². The number of hydrogen-bond donors (Lipinski definition) is 0. The monoisotopic (exact) mass is 400 g/mol. The number of fused-ring (bicyclic) bond motifs is 8. The molecule has 0 N–H and O–H groups in total. The van der Waals surface area contributed by atoms with E-state index in [4.69, 9.17) is 0 Å². The van der Waals surface area contributed by atoms with Crippen molar-refractivity contribution in [2.75, 3.05) is 0 Å². The van der Waals surface area contributed by atoms with E-state index in [2.05, 4.69) is 97.1 Å². The molecule has 0 fully saturated rings. The Hall–Kier alpha value is -4.16. The SMILES string of the molecule is c1cc2cc3c4cccc4cc4c5cccc5cc5c6cccc6cc(c2c1)c1c5c4c31. The van der Waals surface area contributed by atoms with Crippen LogP contribution in [-0.4, -0.2) is 0 Å². The second kappa shape index (κ2) is 5.00. The van der Waals surface area contributed by atoms with Crippen molar-refractivity contribution in [1.82, 2.24) is 0 Å². The van der Waals surface area contributed by atoms with Crippen LogP contribution in [0.15, 0.2) is 97.1 Å². The fourth-order valence-electron chi connectivity index (χ4n) is 6.50. The van der Waals surface area contributed by atoms with Crippen LogP contribution in [0.2, 0.25) is 0 Å². The van der Waals surface area contributed by atoms with Crippen LogP contribution < -0.4 is 0 Å². The maximum absolute atomic E-state index is 2.43. The molecule has 144 valence electrons. The molecule has 0 aliphatic carbocycles. The lowest BCUT2D eigenvalue weighted by molar-refractivity contribution is 2.01. The largest absolute Gasteiger partial charge is 0.0610 e. The van der Waals surface area contributed by atoms with E-state index in [1.54, 1.807) is 0 Å². The molecule has 0 radical (unpaired) electrons. The summed E-state index contributed by atoms with van der Waals surface area (Å²) in [7, 11) is 0. The molecule has 9 aromatic rings. The summed E-state index contributed by atoms with van der Waals surface area (Å²) >= 11 is 0. The van der Waals surface area contributed by atoms with Crippen molar-refractivity contribution < 1.29 is 0 Å². The highest BCUT2D eigenvalue weighted by Gasteiger charge is 2.22. The van der Waals surface area contributed by atoms with E-state index in [1.807, 2.05) is 0 Å². The Kier molecular flexibility index (Phi) is 2.44. The molecule has 0 spiro atoms. The third kappa shape index (κ3) is 1.60. The first-order valence-electron chi connectivity index (χ1n) is 11.3. The lowest BCUT2D eigenvalue weighted by atomic mass is 9.90. The maximum Gasteiger partial charge on any atom is -0.000696 e. The van der Waals surface area contributed by atoms with Gasteiger partial charge in [0.15, 0.2) is 0 Å². The maximum atomic E-state index is 2.43. The van der Waals surface area contributed by atoms with Gasteiger partial charge in [0.2, 0.25) is 0 Å². The van der Waals surface area contributed by atoms with Crippen LogP contribution in [0.25, 0.3) is 86.2 Å². The van der Waals surface area contributed by atoms with Gasteiger partial charge in [-0.25, -0.2) is 0 Å². The van der Waals surface area contributed by atoms with E-state index in [0.717, 1.165) is 0 Å². The van der Waals surface area contributed by atoms with Gasteiger partial charge in [0.1, 0.15) is 0 Å². The van der Waals surface area contributed by atoms with Crippen molar-refractivity contribution in [3.63, 3.8) is 0 Å². The average Bonchev–Trinajstić information content (AvgIpc) is 3.54. The Labute approximate surface area is 183 Å². The Morgan fingerprint density at radius 2 is 0.500 bits per heavy atom. The fraction of sp³-hybridized carbons (Fsp3) is 0. The lowest BCUT2D eigenvalue weighted by Gasteiger charge is -2.11. The van der Waals surface area contributed by atoms with Gasteiger partial charge in [-0.15, -0.1) is 0 Å². The minimum absolute atomic E-state index is 1.32. The molecule has 9 rings (SSSR count). The number of rotatable bonds is 0. The quantitative estimate of drug-likeness (QED) is 0.238. The lowest BCUT2D eigenvalue weighted by Crippen LogP contribution is -1.82. The summed E-state index contributed by atoms with van der Waals surface area (Å²) in [6, 6.07) is 36.8. The van der Waals surface area contributed by atoms with Crippen LogP contribution in [0.5, 0.6) is 0 Å². The van der Waals surface area contributed by atoms with Crippen molar-refractivity contribution in [1.29, 1.82) is 0 Å². The molecule has 0 atom stereocenters. The Morgan fingerprint density at radius 1 is 0.250 bits per heavy atom. The molecule has 32 heavy (non-hydrogen) atoms. The Bertz CT molecular complexity index is 1840. The van der Waals surface area contributed by atoms with Gasteiger partial charge in [-0.1, -0.05) is 72.8 Å². The predicted molar refractivity (Wildman–Crippen MR) is 140 cm³/mol. The fourth-order valence-corrected chi connectivity index (χ4v) is 6.50. The van der Waals surface area contributed by atoms with Gasteiger partial charge in [0, 0.05) is 0 Å². The molecule has 0 amide bonds. The molecule has 0 aliphatic heterocycles. The standard InChI is InChI=1S/C32H16/c1-5-17-13-26-22-10-3-7-19(22)15-28-24-12-4-8-20(24)16-27-23-11-2-6-18(23)14-25(21(17)9-1)29-30(26)32(28)31(27)29/h1-16H. The third-order valence-corrected chi connectivity index (χ3v) is 7.84. The van der Waals surface area contributed by atoms with E-state index in [-0.39, 0.29) is 0 Å². The summed E-state index contributed by atoms with van der Waals surface area (Å²) in [4.78, 5) is 0. The molecule has 0 heterocycles. The van der Waals surface area contributed by atoms with Gasteiger partial charge >= 0.3 is 0 Å². The summed E-state index contributed by atoms with van der Waals surface area (Å²) in [5.74, 6) is 0. The van der Waals surface area contributed by atoms with Crippen LogP contribution in [0.3, 0.4) is 0 Å². The highest BCUT2D eigenvalue weighted by molar-refractivity contribution is 6.50. The Balaban J connectivity index is 1.85. The van der Waals surface area contributed by atoms with Crippen LogP contribution >= 0.6 is 0 Å². The molecule has 0 aliphatic rings. The van der Waals surface area contributed by atoms with E-state index in [0.29, 0.717) is 0 Å². The van der Waals surface area contributed by atoms with E-state index < -0.39 is 0 Å². The molecule has 0 aromatic heterocycles. The normalized spacial score (nSPS) is 13.0. The minimum Gasteiger partial charge on any atom is -0.0610 e. The second-order valence-corrected chi connectivity index (χ2v) is 9.31. The van der Waals surface area contributed by atoms with Crippen molar-refractivity contribution in [2.45, 2.75) is 0 Å². The first-order valence-corrected chi connectivity index (χ1v) is 11.3. The summed E-state index contributed by atoms with van der Waals surface area (Å²) in [5, 5.41) is 21.9. The van der Waals surface area contributed by atoms with Gasteiger partial charge < -0.3 is 0 Å². The first-order chi connectivity index (χ1) is 15.9. The van der Waals surface area contributed by atoms with Gasteiger partial charge in [0.25, 0.3) is 0 Å². The predicted octanol–water partition coefficient (Wildman–Crippen LogP) is 9.23. The van der Waals surface area contributed by atoms with E-state index in [1.165, 1.54) is 86.2 Å². The highest BCUT2D eigenvalue weighted by atomic mass is 14.2. The highest BCUT2D eigenvalue weighted by Crippen LogP contribution is 2.51. The van der Waals surface area contributed by atoms with Crippen molar-refractivity contribution in [3.8, 4) is 0 Å². The molecule has 9 aromatic carbocycles. The third-order valence-electron chi connectivity index (χ3n) is 7.84. The number of hydrogen-bond acceptors (Lipinski definition) is 0. The van der Waals surface area contributed by atoms with Crippen LogP contribution in [0.4, 0.5) is 0 Å². The summed E-state index contributed by atoms with van der Waals surface area (Å²) < 4.78 is 0. The van der Waals surface area contributed by atoms with Crippen molar-refractivity contribution in [2.24, 2.45) is 0 Å². The van der Waals surface area contributed by atoms with Gasteiger partial charge in [-0.05, 0) is 110 Å². The molecular formula is C32H16. The Morgan fingerprint density at radius 3 is 0.750 bits per heavy atom. The molecular weight excluding hydrogens is 384 g/mol. The average molecular weight is 400 g/mol. The van der Waals surface area contributed by atoms with Crippen LogP contribution in [0, 0.1) is 0 Å². The second-order valence-electron chi connectivity index (χ2n) is 9.31. The molecule has 0 saturated carbocycles. The zero-order valence-electron chi connectivity index (χ0n) is 17.2. The zero-order valence-corrected chi connectivity index (χ0v) is 17.2. The summed E-state index contributed by atoms with van der Waals surface area (Å²) in [6.07, 6.45) is 0. The molecule has 0 bridgehead atoms. The molecule has 0 nitrogen and oxygen atoms in total. The molecule has 0 saturated heterocycles. The van der Waals surface area contributed by atoms with Crippen molar-refractivity contribution in [3.05, 3.63) is 97.1 Å². The van der Waals surface area contributed by atoms with Gasteiger partial charge in [0.05, 0.1) is 0 Å². The summed E-state index contributed by atoms with van der Waals surface area (Å²) in [5.41, 5.74) is 0. The van der Waals surface area contributed by atoms with Gasteiger partial charge in [-0.2, -0.15) is 0 Å². The first kappa shape index (κ1) is 15.6.